The summed E-state index contributed by atoms with van der Waals surface area (Å²) in [5, 5.41) is 3.01. The molecule has 1 N–H and O–H groups in total. The number of rotatable bonds is 10. The van der Waals surface area contributed by atoms with Crippen LogP contribution >= 0.6 is 0 Å². The van der Waals surface area contributed by atoms with Crippen LogP contribution in [0.4, 0.5) is 4.79 Å². The Morgan fingerprint density at radius 1 is 1.09 bits per heavy atom. The van der Waals surface area contributed by atoms with Gasteiger partial charge in [-0.15, -0.1) is 0 Å². The number of carbonyl (C=O) groups excluding carboxylic acids is 1. The van der Waals surface area contributed by atoms with E-state index in [-0.39, 0.29) is 34.8 Å². The summed E-state index contributed by atoms with van der Waals surface area (Å²) >= 11 is 0. The van der Waals surface area contributed by atoms with Crippen molar-refractivity contribution < 1.29 is 13.2 Å². The number of aryl methyl sites for hydroxylation is 1. The van der Waals surface area contributed by atoms with Crippen molar-refractivity contribution in [2.45, 2.75) is 78.5 Å². The number of hydrogen-bond donors (Lipinski definition) is 1. The number of sulfone groups is 1. The van der Waals surface area contributed by atoms with Crippen molar-refractivity contribution in [3.05, 3.63) is 47.3 Å². The van der Waals surface area contributed by atoms with E-state index in [1.807, 2.05) is 58.9 Å². The molecule has 2 amide bonds. The van der Waals surface area contributed by atoms with Crippen LogP contribution in [0.1, 0.15) is 58.4 Å². The normalized spacial score (nSPS) is 12.1. The van der Waals surface area contributed by atoms with Crippen LogP contribution in [0.25, 0.3) is 0 Å². The molecule has 0 aliphatic carbocycles. The van der Waals surface area contributed by atoms with Crippen LogP contribution in [0.15, 0.2) is 35.6 Å². The van der Waals surface area contributed by atoms with Gasteiger partial charge < -0.3 is 14.8 Å². The summed E-state index contributed by atoms with van der Waals surface area (Å²) < 4.78 is 28.4. The van der Waals surface area contributed by atoms with Gasteiger partial charge in [-0.3, -0.25) is 0 Å². The van der Waals surface area contributed by atoms with E-state index in [9.17, 15) is 13.2 Å². The summed E-state index contributed by atoms with van der Waals surface area (Å²) in [6.45, 7) is 15.3. The van der Waals surface area contributed by atoms with Gasteiger partial charge in [-0.05, 0) is 43.7 Å². The van der Waals surface area contributed by atoms with Gasteiger partial charge in [0.2, 0.25) is 15.0 Å². The van der Waals surface area contributed by atoms with Crippen molar-refractivity contribution in [2.75, 3.05) is 6.54 Å². The maximum atomic E-state index is 13.3. The Kier molecular flexibility index (Phi) is 8.89. The first-order chi connectivity index (χ1) is 14.9. The zero-order valence-corrected chi connectivity index (χ0v) is 21.2. The van der Waals surface area contributed by atoms with Crippen LogP contribution in [-0.2, 0) is 28.7 Å². The van der Waals surface area contributed by atoms with Crippen LogP contribution < -0.4 is 5.32 Å². The average molecular weight is 463 g/mol. The fraction of sp³-hybridized carbons (Fsp3) is 0.583. The third-order valence-corrected chi connectivity index (χ3v) is 6.55. The van der Waals surface area contributed by atoms with Crippen LogP contribution in [0.3, 0.4) is 0 Å². The van der Waals surface area contributed by atoms with Gasteiger partial charge in [0.15, 0.2) is 0 Å². The molecule has 7 nitrogen and oxygen atoms in total. The standard InChI is InChI=1S/C24H38N4O3S/c1-17(2)13-27(23(29)26-19(5)6)15-22-12-25-24(28(22)14-18(3)4)32(30,31)16-21-11-9-8-10-20(21)7/h8-12,17-19H,13-16H2,1-7H3,(H,26,29). The molecule has 0 bridgehead atoms. The monoisotopic (exact) mass is 462 g/mol. The molecule has 32 heavy (non-hydrogen) atoms. The summed E-state index contributed by atoms with van der Waals surface area (Å²) in [6.07, 6.45) is 1.60. The minimum absolute atomic E-state index is 0.0165. The average Bonchev–Trinajstić information content (AvgIpc) is 3.04. The molecule has 1 aromatic heterocycles. The molecule has 1 heterocycles. The van der Waals surface area contributed by atoms with Gasteiger partial charge in [-0.1, -0.05) is 52.0 Å². The second-order valence-electron chi connectivity index (χ2n) is 9.60. The Morgan fingerprint density at radius 3 is 2.31 bits per heavy atom. The lowest BCUT2D eigenvalue weighted by Crippen LogP contribution is -2.44. The molecular weight excluding hydrogens is 424 g/mol. The van der Waals surface area contributed by atoms with E-state index in [1.165, 1.54) is 0 Å². The van der Waals surface area contributed by atoms with Crippen molar-refractivity contribution in [1.29, 1.82) is 0 Å². The molecule has 178 valence electrons. The van der Waals surface area contributed by atoms with Gasteiger partial charge in [-0.2, -0.15) is 0 Å². The molecule has 1 aromatic carbocycles. The van der Waals surface area contributed by atoms with Crippen molar-refractivity contribution in [2.24, 2.45) is 11.8 Å². The van der Waals surface area contributed by atoms with E-state index in [2.05, 4.69) is 24.1 Å². The lowest BCUT2D eigenvalue weighted by atomic mass is 10.1. The van der Waals surface area contributed by atoms with E-state index in [4.69, 9.17) is 0 Å². The summed E-state index contributed by atoms with van der Waals surface area (Å²) in [5.74, 6) is 0.398. The predicted octanol–water partition coefficient (Wildman–Crippen LogP) is 4.40. The molecule has 2 rings (SSSR count). The Morgan fingerprint density at radius 2 is 1.75 bits per heavy atom. The largest absolute Gasteiger partial charge is 0.336 e. The second-order valence-corrected chi connectivity index (χ2v) is 11.5. The van der Waals surface area contributed by atoms with E-state index < -0.39 is 9.84 Å². The topological polar surface area (TPSA) is 84.3 Å². The number of aromatic nitrogens is 2. The first-order valence-corrected chi connectivity index (χ1v) is 12.9. The van der Waals surface area contributed by atoms with Crippen molar-refractivity contribution in [3.8, 4) is 0 Å². The van der Waals surface area contributed by atoms with Crippen LogP contribution in [0.5, 0.6) is 0 Å². The highest BCUT2D eigenvalue weighted by atomic mass is 32.2. The highest BCUT2D eigenvalue weighted by Gasteiger charge is 2.26. The summed E-state index contributed by atoms with van der Waals surface area (Å²) in [7, 11) is -3.66. The summed E-state index contributed by atoms with van der Waals surface area (Å²) in [5.41, 5.74) is 2.43. The Hall–Kier alpha value is -2.35. The molecule has 0 fully saturated rings. The summed E-state index contributed by atoms with van der Waals surface area (Å²) in [4.78, 5) is 18.8. The fourth-order valence-corrected chi connectivity index (χ4v) is 5.17. The second kappa shape index (κ2) is 11.0. The number of benzene rings is 1. The Balaban J connectivity index is 2.42. The minimum atomic E-state index is -3.66. The van der Waals surface area contributed by atoms with Gasteiger partial charge in [0.1, 0.15) is 0 Å². The number of imidazole rings is 1. The van der Waals surface area contributed by atoms with Crippen LogP contribution in [0, 0.1) is 18.8 Å². The SMILES string of the molecule is Cc1ccccc1CS(=O)(=O)c1ncc(CN(CC(C)C)C(=O)NC(C)C)n1CC(C)C. The summed E-state index contributed by atoms with van der Waals surface area (Å²) in [6, 6.07) is 7.35. The lowest BCUT2D eigenvalue weighted by Gasteiger charge is -2.27. The predicted molar refractivity (Wildman–Crippen MR) is 128 cm³/mol. The maximum Gasteiger partial charge on any atom is 0.317 e. The number of carbonyl (C=O) groups is 1. The van der Waals surface area contributed by atoms with E-state index in [1.54, 1.807) is 15.7 Å². The molecule has 0 unspecified atom stereocenters. The zero-order valence-electron chi connectivity index (χ0n) is 20.4. The number of amides is 2. The zero-order chi connectivity index (χ0) is 24.1. The van der Waals surface area contributed by atoms with E-state index >= 15 is 0 Å². The van der Waals surface area contributed by atoms with Crippen molar-refractivity contribution in [3.63, 3.8) is 0 Å². The Bertz CT molecular complexity index is 1010. The minimum Gasteiger partial charge on any atom is -0.336 e. The lowest BCUT2D eigenvalue weighted by molar-refractivity contribution is 0.183. The van der Waals surface area contributed by atoms with Gasteiger partial charge in [0, 0.05) is 19.1 Å². The molecule has 2 aromatic rings. The van der Waals surface area contributed by atoms with Gasteiger partial charge in [0.25, 0.3) is 0 Å². The number of hydrogen-bond acceptors (Lipinski definition) is 4. The van der Waals surface area contributed by atoms with Crippen molar-refractivity contribution in [1.82, 2.24) is 19.8 Å². The molecule has 8 heteroatoms. The molecule has 0 saturated heterocycles. The maximum absolute atomic E-state index is 13.3. The molecule has 0 spiro atoms. The third-order valence-electron chi connectivity index (χ3n) is 4.97. The molecule has 0 aliphatic heterocycles. The van der Waals surface area contributed by atoms with Gasteiger partial charge >= 0.3 is 6.03 Å². The number of nitrogens with zero attached hydrogens (tertiary/aromatic N) is 3. The number of urea groups is 1. The van der Waals surface area contributed by atoms with Gasteiger partial charge in [-0.25, -0.2) is 18.2 Å². The van der Waals surface area contributed by atoms with E-state index in [0.29, 0.717) is 19.6 Å². The Labute approximate surface area is 193 Å². The van der Waals surface area contributed by atoms with Crippen LogP contribution in [0.2, 0.25) is 0 Å². The van der Waals surface area contributed by atoms with E-state index in [0.717, 1.165) is 16.8 Å². The highest BCUT2D eigenvalue weighted by Crippen LogP contribution is 2.22. The first kappa shape index (κ1) is 25.9. The smallest absolute Gasteiger partial charge is 0.317 e. The van der Waals surface area contributed by atoms with Crippen molar-refractivity contribution >= 4 is 15.9 Å². The van der Waals surface area contributed by atoms with Crippen LogP contribution in [-0.4, -0.2) is 41.5 Å². The fourth-order valence-electron chi connectivity index (χ4n) is 3.56. The van der Waals surface area contributed by atoms with Gasteiger partial charge in [0.05, 0.1) is 24.2 Å². The third kappa shape index (κ3) is 7.08. The quantitative estimate of drug-likeness (QED) is 0.567. The molecule has 0 saturated carbocycles. The number of nitrogens with one attached hydrogen (secondary N) is 1. The first-order valence-electron chi connectivity index (χ1n) is 11.3. The molecular formula is C24H38N4O3S. The molecule has 0 atom stereocenters. The highest BCUT2D eigenvalue weighted by molar-refractivity contribution is 7.90. The molecule has 0 aliphatic rings. The molecule has 0 radical (unpaired) electrons.